The van der Waals surface area contributed by atoms with Gasteiger partial charge in [-0.2, -0.15) is 0 Å². The number of carbonyl (C=O) groups is 2. The number of benzene rings is 2. The van der Waals surface area contributed by atoms with Crippen molar-refractivity contribution in [3.8, 4) is 5.75 Å². The van der Waals surface area contributed by atoms with Crippen LogP contribution in [-0.4, -0.2) is 31.0 Å². The molecule has 1 aliphatic carbocycles. The fourth-order valence-corrected chi connectivity index (χ4v) is 3.63. The Kier molecular flexibility index (Phi) is 6.88. The van der Waals surface area contributed by atoms with Crippen molar-refractivity contribution >= 4 is 17.5 Å². The third-order valence-electron chi connectivity index (χ3n) is 5.53. The topological polar surface area (TPSA) is 93.4 Å². The van der Waals surface area contributed by atoms with Crippen LogP contribution in [0.1, 0.15) is 54.4 Å². The molecule has 3 rings (SSSR count). The highest BCUT2D eigenvalue weighted by Gasteiger charge is 2.23. The molecule has 0 saturated heterocycles. The van der Waals surface area contributed by atoms with Crippen molar-refractivity contribution in [1.29, 1.82) is 0 Å². The van der Waals surface area contributed by atoms with E-state index in [9.17, 15) is 9.59 Å². The smallest absolute Gasteiger partial charge is 0.259 e. The molecule has 2 amide bonds. The minimum atomic E-state index is -0.260. The fraction of sp³-hybridized carbons (Fsp3) is 0.391. The molecule has 1 unspecified atom stereocenters. The summed E-state index contributed by atoms with van der Waals surface area (Å²) < 4.78 is 5.24. The standard InChI is InChI=1S/C23H29N3O3/c1-15(22(27)25-19-13-9-17(24)10-14-19)16-7-11-18(12-8-16)26-23(28)20-5-3-4-6-21(20)29-2/h3-8,11-12,15,17,19H,9-10,13-14,24H2,1-2H3,(H,25,27)(H,26,28). The summed E-state index contributed by atoms with van der Waals surface area (Å²) in [6, 6.07) is 14.9. The molecule has 0 radical (unpaired) electrons. The summed E-state index contributed by atoms with van der Waals surface area (Å²) in [5, 5.41) is 6.01. The van der Waals surface area contributed by atoms with Gasteiger partial charge in [0.2, 0.25) is 5.91 Å². The molecule has 1 saturated carbocycles. The lowest BCUT2D eigenvalue weighted by Crippen LogP contribution is -2.42. The summed E-state index contributed by atoms with van der Waals surface area (Å²) in [7, 11) is 1.54. The van der Waals surface area contributed by atoms with E-state index in [1.807, 2.05) is 37.3 Å². The Morgan fingerprint density at radius 3 is 2.34 bits per heavy atom. The summed E-state index contributed by atoms with van der Waals surface area (Å²) in [5.74, 6) is 0.0490. The first kappa shape index (κ1) is 20.9. The largest absolute Gasteiger partial charge is 0.496 e. The van der Waals surface area contributed by atoms with E-state index < -0.39 is 0 Å². The number of para-hydroxylation sites is 1. The van der Waals surface area contributed by atoms with Gasteiger partial charge in [0.1, 0.15) is 5.75 Å². The molecule has 29 heavy (non-hydrogen) atoms. The van der Waals surface area contributed by atoms with E-state index in [4.69, 9.17) is 10.5 Å². The van der Waals surface area contributed by atoms with Crippen LogP contribution in [0.15, 0.2) is 48.5 Å². The van der Waals surface area contributed by atoms with Gasteiger partial charge >= 0.3 is 0 Å². The maximum atomic E-state index is 12.6. The number of hydrogen-bond acceptors (Lipinski definition) is 4. The molecule has 1 aliphatic rings. The Morgan fingerprint density at radius 2 is 1.69 bits per heavy atom. The highest BCUT2D eigenvalue weighted by Crippen LogP contribution is 2.23. The van der Waals surface area contributed by atoms with E-state index in [0.717, 1.165) is 31.2 Å². The van der Waals surface area contributed by atoms with Gasteiger partial charge in [-0.05, 0) is 62.4 Å². The number of methoxy groups -OCH3 is 1. The van der Waals surface area contributed by atoms with Crippen molar-refractivity contribution in [3.05, 3.63) is 59.7 Å². The fourth-order valence-electron chi connectivity index (χ4n) is 3.63. The number of carbonyl (C=O) groups excluding carboxylic acids is 2. The Balaban J connectivity index is 1.59. The predicted molar refractivity (Wildman–Crippen MR) is 114 cm³/mol. The van der Waals surface area contributed by atoms with Gasteiger partial charge in [0.15, 0.2) is 0 Å². The van der Waals surface area contributed by atoms with Crippen molar-refractivity contribution < 1.29 is 14.3 Å². The number of ether oxygens (including phenoxy) is 1. The molecule has 0 aromatic heterocycles. The van der Waals surface area contributed by atoms with E-state index >= 15 is 0 Å². The molecule has 0 heterocycles. The monoisotopic (exact) mass is 395 g/mol. The van der Waals surface area contributed by atoms with Crippen LogP contribution in [0.4, 0.5) is 5.69 Å². The van der Waals surface area contributed by atoms with Crippen LogP contribution < -0.4 is 21.1 Å². The quantitative estimate of drug-likeness (QED) is 0.698. The van der Waals surface area contributed by atoms with Gasteiger partial charge in [0.25, 0.3) is 5.91 Å². The minimum absolute atomic E-state index is 0.0243. The molecule has 2 aromatic carbocycles. The van der Waals surface area contributed by atoms with Crippen molar-refractivity contribution in [1.82, 2.24) is 5.32 Å². The SMILES string of the molecule is COc1ccccc1C(=O)Nc1ccc(C(C)C(=O)NC2CCC(N)CC2)cc1. The molecule has 6 heteroatoms. The van der Waals surface area contributed by atoms with Gasteiger partial charge in [0.05, 0.1) is 18.6 Å². The summed E-state index contributed by atoms with van der Waals surface area (Å²) in [4.78, 5) is 25.1. The van der Waals surface area contributed by atoms with E-state index in [0.29, 0.717) is 17.0 Å². The number of nitrogens with two attached hydrogens (primary N) is 1. The number of rotatable bonds is 6. The molecule has 4 N–H and O–H groups in total. The average molecular weight is 396 g/mol. The molecule has 2 aromatic rings. The summed E-state index contributed by atoms with van der Waals surface area (Å²) in [6.07, 6.45) is 3.79. The van der Waals surface area contributed by atoms with Crippen LogP contribution in [0.3, 0.4) is 0 Å². The summed E-state index contributed by atoms with van der Waals surface area (Å²) in [5.41, 5.74) is 7.98. The predicted octanol–water partition coefficient (Wildman–Crippen LogP) is 3.44. The molecular formula is C23H29N3O3. The van der Waals surface area contributed by atoms with Gasteiger partial charge in [-0.15, -0.1) is 0 Å². The molecule has 0 spiro atoms. The van der Waals surface area contributed by atoms with Crippen LogP contribution in [0.25, 0.3) is 0 Å². The minimum Gasteiger partial charge on any atom is -0.496 e. The van der Waals surface area contributed by atoms with Gasteiger partial charge in [0, 0.05) is 17.8 Å². The third-order valence-corrected chi connectivity index (χ3v) is 5.53. The lowest BCUT2D eigenvalue weighted by molar-refractivity contribution is -0.123. The van der Waals surface area contributed by atoms with Crippen LogP contribution in [0.2, 0.25) is 0 Å². The Hall–Kier alpha value is -2.86. The van der Waals surface area contributed by atoms with E-state index in [-0.39, 0.29) is 29.8 Å². The van der Waals surface area contributed by atoms with Crippen molar-refractivity contribution in [2.24, 2.45) is 5.73 Å². The molecule has 1 atom stereocenters. The Morgan fingerprint density at radius 1 is 1.03 bits per heavy atom. The van der Waals surface area contributed by atoms with Gasteiger partial charge in [-0.25, -0.2) is 0 Å². The van der Waals surface area contributed by atoms with E-state index in [1.165, 1.54) is 7.11 Å². The molecule has 0 bridgehead atoms. The number of amides is 2. The summed E-state index contributed by atoms with van der Waals surface area (Å²) in [6.45, 7) is 1.90. The first-order valence-electron chi connectivity index (χ1n) is 10.1. The highest BCUT2D eigenvalue weighted by atomic mass is 16.5. The number of hydrogen-bond donors (Lipinski definition) is 3. The van der Waals surface area contributed by atoms with Crippen molar-refractivity contribution in [3.63, 3.8) is 0 Å². The van der Waals surface area contributed by atoms with Crippen LogP contribution in [-0.2, 0) is 4.79 Å². The molecule has 6 nitrogen and oxygen atoms in total. The Labute approximate surface area is 171 Å². The van der Waals surface area contributed by atoms with Gasteiger partial charge in [-0.1, -0.05) is 24.3 Å². The lowest BCUT2D eigenvalue weighted by atomic mass is 9.91. The molecule has 0 aliphatic heterocycles. The van der Waals surface area contributed by atoms with Crippen molar-refractivity contribution in [2.45, 2.75) is 50.6 Å². The summed E-state index contributed by atoms with van der Waals surface area (Å²) >= 11 is 0. The maximum absolute atomic E-state index is 12.6. The molecular weight excluding hydrogens is 366 g/mol. The zero-order valence-corrected chi connectivity index (χ0v) is 17.0. The highest BCUT2D eigenvalue weighted by molar-refractivity contribution is 6.06. The number of anilines is 1. The second-order valence-electron chi connectivity index (χ2n) is 7.62. The number of nitrogens with one attached hydrogen (secondary N) is 2. The zero-order chi connectivity index (χ0) is 20.8. The van der Waals surface area contributed by atoms with Gasteiger partial charge < -0.3 is 21.1 Å². The Bertz CT molecular complexity index is 843. The van der Waals surface area contributed by atoms with Crippen LogP contribution >= 0.6 is 0 Å². The second-order valence-corrected chi connectivity index (χ2v) is 7.62. The first-order chi connectivity index (χ1) is 14.0. The molecule has 1 fully saturated rings. The van der Waals surface area contributed by atoms with Crippen LogP contribution in [0, 0.1) is 0 Å². The average Bonchev–Trinajstić information content (AvgIpc) is 2.75. The maximum Gasteiger partial charge on any atom is 0.259 e. The third kappa shape index (κ3) is 5.35. The van der Waals surface area contributed by atoms with Crippen LogP contribution in [0.5, 0.6) is 5.75 Å². The van der Waals surface area contributed by atoms with Crippen molar-refractivity contribution in [2.75, 3.05) is 12.4 Å². The van der Waals surface area contributed by atoms with E-state index in [2.05, 4.69) is 10.6 Å². The second kappa shape index (κ2) is 9.56. The van der Waals surface area contributed by atoms with Gasteiger partial charge in [-0.3, -0.25) is 9.59 Å². The normalized spacial score (nSPS) is 19.8. The first-order valence-corrected chi connectivity index (χ1v) is 10.1. The zero-order valence-electron chi connectivity index (χ0n) is 17.0. The lowest BCUT2D eigenvalue weighted by Gasteiger charge is -2.28. The molecule has 154 valence electrons. The van der Waals surface area contributed by atoms with E-state index in [1.54, 1.807) is 18.2 Å².